The Balaban J connectivity index is 1.71. The molecule has 1 atom stereocenters. The Kier molecular flexibility index (Phi) is 6.06. The number of nitriles is 1. The highest BCUT2D eigenvalue weighted by molar-refractivity contribution is 5.95. The van der Waals surface area contributed by atoms with E-state index < -0.39 is 11.8 Å². The van der Waals surface area contributed by atoms with Gasteiger partial charge in [0.15, 0.2) is 0 Å². The van der Waals surface area contributed by atoms with E-state index in [-0.39, 0.29) is 17.2 Å². The minimum atomic E-state index is -0.676. The first-order valence-corrected chi connectivity index (χ1v) is 12.3. The quantitative estimate of drug-likeness (QED) is 0.379. The molecule has 0 bridgehead atoms. The van der Waals surface area contributed by atoms with Gasteiger partial charge in [0.05, 0.1) is 27.8 Å². The zero-order chi connectivity index (χ0) is 26.6. The Labute approximate surface area is 213 Å². The fraction of sp³-hybridized carbons (Fsp3) is 0.357. The molecule has 1 amide bonds. The van der Waals surface area contributed by atoms with Gasteiger partial charge in [-0.15, -0.1) is 0 Å². The first-order chi connectivity index (χ1) is 17.6. The summed E-state index contributed by atoms with van der Waals surface area (Å²) in [5.74, 6) is -0.0938. The van der Waals surface area contributed by atoms with Crippen molar-refractivity contribution in [3.05, 3.63) is 64.6 Å². The van der Waals surface area contributed by atoms with E-state index >= 15 is 0 Å². The second kappa shape index (κ2) is 9.11. The lowest BCUT2D eigenvalue weighted by Crippen LogP contribution is -2.30. The van der Waals surface area contributed by atoms with Crippen molar-refractivity contribution >= 4 is 16.8 Å². The number of nitrogens with zero attached hydrogens (tertiary/aromatic N) is 6. The highest BCUT2D eigenvalue weighted by Crippen LogP contribution is 2.33. The number of carbonyl (C=O) groups is 1. The number of hydrogen-bond donors (Lipinski definition) is 0. The van der Waals surface area contributed by atoms with E-state index in [9.17, 15) is 18.8 Å². The van der Waals surface area contributed by atoms with E-state index in [1.54, 1.807) is 29.7 Å². The van der Waals surface area contributed by atoms with Gasteiger partial charge in [0.2, 0.25) is 5.95 Å². The van der Waals surface area contributed by atoms with Gasteiger partial charge in [-0.1, -0.05) is 13.8 Å². The van der Waals surface area contributed by atoms with Crippen molar-refractivity contribution in [2.75, 3.05) is 13.1 Å². The van der Waals surface area contributed by atoms with E-state index in [0.717, 1.165) is 12.0 Å². The summed E-state index contributed by atoms with van der Waals surface area (Å²) in [4.78, 5) is 20.2. The molecule has 0 radical (unpaired) electrons. The number of rotatable bonds is 4. The maximum atomic E-state index is 14.8. The molecule has 2 aromatic heterocycles. The van der Waals surface area contributed by atoms with Crippen LogP contribution < -0.4 is 0 Å². The van der Waals surface area contributed by atoms with Gasteiger partial charge < -0.3 is 4.90 Å². The molecule has 0 aliphatic carbocycles. The number of carbonyl (C=O) groups excluding carboxylic acids is 1. The van der Waals surface area contributed by atoms with Crippen LogP contribution in [0.2, 0.25) is 0 Å². The molecule has 3 heterocycles. The molecular formula is C28H28F2N6O. The predicted octanol–water partition coefficient (Wildman–Crippen LogP) is 5.31. The number of halogens is 2. The summed E-state index contributed by atoms with van der Waals surface area (Å²) < 4.78 is 32.4. The van der Waals surface area contributed by atoms with Crippen LogP contribution >= 0.6 is 0 Å². The van der Waals surface area contributed by atoms with Crippen molar-refractivity contribution in [2.24, 2.45) is 18.9 Å². The van der Waals surface area contributed by atoms with Gasteiger partial charge in [0, 0.05) is 25.7 Å². The number of imidazole rings is 1. The highest BCUT2D eigenvalue weighted by atomic mass is 19.1. The third-order valence-corrected chi connectivity index (χ3v) is 7.43. The van der Waals surface area contributed by atoms with Gasteiger partial charge in [-0.25, -0.2) is 14.1 Å². The SMILES string of the molecule is Cc1cc2nn(C)c(F)c2cc1-n1c(-c2ccc(C#N)c(F)c2)nc(C(=O)N2CCC(C(C)C)C2)c1C. The number of hydrogen-bond acceptors (Lipinski definition) is 4. The van der Waals surface area contributed by atoms with Gasteiger partial charge in [-0.05, 0) is 68.0 Å². The van der Waals surface area contributed by atoms with Crippen molar-refractivity contribution in [3.8, 4) is 23.1 Å². The monoisotopic (exact) mass is 502 g/mol. The molecule has 1 unspecified atom stereocenters. The summed E-state index contributed by atoms with van der Waals surface area (Å²) in [5, 5.41) is 13.7. The molecular weight excluding hydrogens is 474 g/mol. The van der Waals surface area contributed by atoms with Crippen LogP contribution in [0.4, 0.5) is 8.78 Å². The molecule has 37 heavy (non-hydrogen) atoms. The van der Waals surface area contributed by atoms with Crippen LogP contribution in [0.15, 0.2) is 30.3 Å². The third-order valence-electron chi connectivity index (χ3n) is 7.43. The second-order valence-corrected chi connectivity index (χ2v) is 10.1. The van der Waals surface area contributed by atoms with Crippen LogP contribution in [-0.4, -0.2) is 43.2 Å². The second-order valence-electron chi connectivity index (χ2n) is 10.1. The van der Waals surface area contributed by atoms with E-state index in [1.807, 2.05) is 17.9 Å². The molecule has 1 saturated heterocycles. The van der Waals surface area contributed by atoms with Crippen LogP contribution in [-0.2, 0) is 7.05 Å². The molecule has 4 aromatic rings. The van der Waals surface area contributed by atoms with Crippen molar-refractivity contribution < 1.29 is 13.6 Å². The summed E-state index contributed by atoms with van der Waals surface area (Å²) in [6.07, 6.45) is 0.937. The minimum absolute atomic E-state index is 0.0818. The van der Waals surface area contributed by atoms with Crippen molar-refractivity contribution in [2.45, 2.75) is 34.1 Å². The molecule has 1 fully saturated rings. The molecule has 1 aliphatic heterocycles. The number of amides is 1. The van der Waals surface area contributed by atoms with Crippen molar-refractivity contribution in [3.63, 3.8) is 0 Å². The Morgan fingerprint density at radius 2 is 1.95 bits per heavy atom. The number of fused-ring (bicyclic) bond motifs is 1. The Morgan fingerprint density at radius 1 is 1.19 bits per heavy atom. The van der Waals surface area contributed by atoms with E-state index in [0.29, 0.717) is 58.6 Å². The van der Waals surface area contributed by atoms with Gasteiger partial charge in [0.1, 0.15) is 23.4 Å². The molecule has 2 aromatic carbocycles. The standard InChI is InChI=1S/C28H28F2N6O/c1-15(2)20-8-9-35(14-20)28(37)25-17(4)36(27(32-25)18-6-7-19(13-31)22(29)11-18)24-12-21-23(10-16(24)3)33-34(5)26(21)30/h6-7,10-12,15,20H,8-9,14H2,1-5H3. The molecule has 0 N–H and O–H groups in total. The van der Waals surface area contributed by atoms with Crippen LogP contribution in [0.1, 0.15) is 47.6 Å². The average Bonchev–Trinajstić information content (AvgIpc) is 3.55. The lowest BCUT2D eigenvalue weighted by Gasteiger charge is -2.18. The van der Waals surface area contributed by atoms with Gasteiger partial charge in [-0.2, -0.15) is 14.8 Å². The number of aryl methyl sites for hydroxylation is 2. The normalized spacial score (nSPS) is 15.6. The minimum Gasteiger partial charge on any atom is -0.337 e. The maximum absolute atomic E-state index is 14.8. The predicted molar refractivity (Wildman–Crippen MR) is 136 cm³/mol. The number of likely N-dealkylation sites (tertiary alicyclic amines) is 1. The molecule has 0 saturated carbocycles. The summed E-state index contributed by atoms with van der Waals surface area (Å²) in [5.41, 5.74) is 3.09. The largest absolute Gasteiger partial charge is 0.337 e. The maximum Gasteiger partial charge on any atom is 0.274 e. The first-order valence-electron chi connectivity index (χ1n) is 12.3. The third kappa shape index (κ3) is 4.06. The van der Waals surface area contributed by atoms with Crippen LogP contribution in [0, 0.1) is 48.8 Å². The van der Waals surface area contributed by atoms with Gasteiger partial charge >= 0.3 is 0 Å². The number of aromatic nitrogens is 4. The lowest BCUT2D eigenvalue weighted by atomic mass is 9.95. The zero-order valence-corrected chi connectivity index (χ0v) is 21.5. The fourth-order valence-electron chi connectivity index (χ4n) is 5.15. The first kappa shape index (κ1) is 24.6. The van der Waals surface area contributed by atoms with E-state index in [2.05, 4.69) is 18.9 Å². The molecule has 7 nitrogen and oxygen atoms in total. The average molecular weight is 503 g/mol. The summed E-state index contributed by atoms with van der Waals surface area (Å²) >= 11 is 0. The highest BCUT2D eigenvalue weighted by Gasteiger charge is 2.32. The van der Waals surface area contributed by atoms with Gasteiger partial charge in [-0.3, -0.25) is 9.36 Å². The Hall–Kier alpha value is -4.06. The molecule has 1 aliphatic rings. The molecule has 0 spiro atoms. The smallest absolute Gasteiger partial charge is 0.274 e. The zero-order valence-electron chi connectivity index (χ0n) is 21.5. The van der Waals surface area contributed by atoms with E-state index in [1.165, 1.54) is 23.9 Å². The summed E-state index contributed by atoms with van der Waals surface area (Å²) in [7, 11) is 1.54. The summed E-state index contributed by atoms with van der Waals surface area (Å²) in [6, 6.07) is 9.54. The van der Waals surface area contributed by atoms with Crippen molar-refractivity contribution in [1.82, 2.24) is 24.2 Å². The molecule has 5 rings (SSSR count). The van der Waals surface area contributed by atoms with Crippen LogP contribution in [0.3, 0.4) is 0 Å². The molecule has 9 heteroatoms. The van der Waals surface area contributed by atoms with Crippen LogP contribution in [0.5, 0.6) is 0 Å². The summed E-state index contributed by atoms with van der Waals surface area (Å²) in [6.45, 7) is 9.30. The van der Waals surface area contributed by atoms with Gasteiger partial charge in [0.25, 0.3) is 5.91 Å². The number of benzene rings is 2. The van der Waals surface area contributed by atoms with Crippen LogP contribution in [0.25, 0.3) is 28.0 Å². The Morgan fingerprint density at radius 3 is 2.59 bits per heavy atom. The lowest BCUT2D eigenvalue weighted by molar-refractivity contribution is 0.0778. The topological polar surface area (TPSA) is 79.7 Å². The Bertz CT molecular complexity index is 1590. The molecule has 190 valence electrons. The van der Waals surface area contributed by atoms with Crippen molar-refractivity contribution in [1.29, 1.82) is 5.26 Å². The fourth-order valence-corrected chi connectivity index (χ4v) is 5.15. The van der Waals surface area contributed by atoms with E-state index in [4.69, 9.17) is 4.98 Å².